The molecule has 5 heteroatoms. The Morgan fingerprint density at radius 2 is 0.897 bits per heavy atom. The fourth-order valence-electron chi connectivity index (χ4n) is 3.58. The molecule has 0 amide bonds. The van der Waals surface area contributed by atoms with Crippen molar-refractivity contribution in [3.63, 3.8) is 0 Å². The number of unbranched alkanes of at least 4 members (excludes halogenated alkanes) is 11. The van der Waals surface area contributed by atoms with Crippen LogP contribution in [0, 0.1) is 0 Å². The maximum absolute atomic E-state index is 5.99. The number of ether oxygens (including phenoxy) is 5. The molecule has 1 heterocycles. The van der Waals surface area contributed by atoms with E-state index in [2.05, 4.69) is 6.92 Å². The molecule has 0 aromatic carbocycles. The van der Waals surface area contributed by atoms with Crippen LogP contribution in [0.15, 0.2) is 0 Å². The first kappa shape index (κ1) is 26.8. The van der Waals surface area contributed by atoms with Crippen LogP contribution in [0.5, 0.6) is 0 Å². The van der Waals surface area contributed by atoms with Crippen molar-refractivity contribution in [1.82, 2.24) is 0 Å². The lowest BCUT2D eigenvalue weighted by molar-refractivity contribution is -0.0491. The van der Waals surface area contributed by atoms with Crippen molar-refractivity contribution in [3.05, 3.63) is 0 Å². The molecule has 1 rings (SSSR count). The highest BCUT2D eigenvalue weighted by molar-refractivity contribution is 4.59. The minimum atomic E-state index is 0.170. The average molecular weight is 417 g/mol. The summed E-state index contributed by atoms with van der Waals surface area (Å²) in [7, 11) is 0. The van der Waals surface area contributed by atoms with E-state index in [1.165, 1.54) is 77.0 Å². The molecule has 0 N–H and O–H groups in total. The van der Waals surface area contributed by atoms with E-state index in [1.807, 2.05) is 0 Å². The standard InChI is InChI=1S/C24H48O5/c1-2-3-4-5-6-7-8-9-10-11-12-13-14-24-23-28-20-19-26-16-15-25-17-18-27-21-22-29-24/h24H,2-23H2,1H3. The lowest BCUT2D eigenvalue weighted by Crippen LogP contribution is -2.23. The van der Waals surface area contributed by atoms with Crippen molar-refractivity contribution in [2.45, 2.75) is 96.5 Å². The van der Waals surface area contributed by atoms with Crippen LogP contribution >= 0.6 is 0 Å². The van der Waals surface area contributed by atoms with Gasteiger partial charge in [-0.3, -0.25) is 0 Å². The molecule has 1 saturated heterocycles. The largest absolute Gasteiger partial charge is 0.377 e. The highest BCUT2D eigenvalue weighted by Gasteiger charge is 2.10. The van der Waals surface area contributed by atoms with Gasteiger partial charge >= 0.3 is 0 Å². The molecule has 0 saturated carbocycles. The molecule has 29 heavy (non-hydrogen) atoms. The number of hydrogen-bond donors (Lipinski definition) is 0. The zero-order chi connectivity index (χ0) is 20.7. The summed E-state index contributed by atoms with van der Waals surface area (Å²) in [5, 5.41) is 0. The Morgan fingerprint density at radius 3 is 1.41 bits per heavy atom. The normalized spacial score (nSPS) is 20.8. The second kappa shape index (κ2) is 22.5. The molecule has 0 aromatic heterocycles. The topological polar surface area (TPSA) is 46.2 Å². The van der Waals surface area contributed by atoms with Crippen molar-refractivity contribution in [1.29, 1.82) is 0 Å². The molecule has 0 bridgehead atoms. The van der Waals surface area contributed by atoms with Gasteiger partial charge in [0.05, 0.1) is 65.6 Å². The van der Waals surface area contributed by atoms with Crippen LogP contribution in [-0.2, 0) is 23.7 Å². The number of hydrogen-bond acceptors (Lipinski definition) is 5. The van der Waals surface area contributed by atoms with E-state index < -0.39 is 0 Å². The molecule has 1 atom stereocenters. The molecular formula is C24H48O5. The first-order valence-electron chi connectivity index (χ1n) is 12.4. The van der Waals surface area contributed by atoms with Crippen LogP contribution in [0.25, 0.3) is 0 Å². The van der Waals surface area contributed by atoms with Crippen LogP contribution in [-0.4, -0.2) is 65.6 Å². The third kappa shape index (κ3) is 19.5. The van der Waals surface area contributed by atoms with Gasteiger partial charge in [-0.05, 0) is 6.42 Å². The van der Waals surface area contributed by atoms with Crippen LogP contribution in [0.4, 0.5) is 0 Å². The van der Waals surface area contributed by atoms with Gasteiger partial charge in [0, 0.05) is 0 Å². The molecule has 0 aromatic rings. The summed E-state index contributed by atoms with van der Waals surface area (Å²) in [6.45, 7) is 7.87. The molecule has 1 unspecified atom stereocenters. The van der Waals surface area contributed by atoms with E-state index >= 15 is 0 Å². The Balaban J connectivity index is 1.99. The summed E-state index contributed by atoms with van der Waals surface area (Å²) < 4.78 is 28.2. The van der Waals surface area contributed by atoms with Crippen molar-refractivity contribution >= 4 is 0 Å². The van der Waals surface area contributed by atoms with Gasteiger partial charge in [-0.1, -0.05) is 84.0 Å². The predicted octanol–water partition coefficient (Wildman–Crippen LogP) is 5.54. The highest BCUT2D eigenvalue weighted by Crippen LogP contribution is 2.14. The lowest BCUT2D eigenvalue weighted by Gasteiger charge is -2.18. The molecular weight excluding hydrogens is 368 g/mol. The molecule has 1 fully saturated rings. The van der Waals surface area contributed by atoms with E-state index in [1.54, 1.807) is 0 Å². The van der Waals surface area contributed by atoms with Crippen molar-refractivity contribution in [2.75, 3.05) is 59.5 Å². The van der Waals surface area contributed by atoms with E-state index in [9.17, 15) is 0 Å². The summed E-state index contributed by atoms with van der Waals surface area (Å²) in [5.41, 5.74) is 0. The second-order valence-electron chi connectivity index (χ2n) is 8.08. The first-order chi connectivity index (χ1) is 14.4. The Labute approximate surface area is 180 Å². The van der Waals surface area contributed by atoms with Gasteiger partial charge in [-0.25, -0.2) is 0 Å². The third-order valence-corrected chi connectivity index (χ3v) is 5.38. The molecule has 0 radical (unpaired) electrons. The minimum Gasteiger partial charge on any atom is -0.377 e. The van der Waals surface area contributed by atoms with Gasteiger partial charge in [-0.2, -0.15) is 0 Å². The molecule has 174 valence electrons. The van der Waals surface area contributed by atoms with Crippen LogP contribution in [0.2, 0.25) is 0 Å². The number of rotatable bonds is 13. The summed E-state index contributed by atoms with van der Waals surface area (Å²) in [4.78, 5) is 0. The highest BCUT2D eigenvalue weighted by atomic mass is 16.6. The van der Waals surface area contributed by atoms with E-state index in [4.69, 9.17) is 23.7 Å². The molecule has 0 spiro atoms. The van der Waals surface area contributed by atoms with Crippen molar-refractivity contribution < 1.29 is 23.7 Å². The van der Waals surface area contributed by atoms with Crippen LogP contribution in [0.3, 0.4) is 0 Å². The quantitative estimate of drug-likeness (QED) is 0.369. The van der Waals surface area contributed by atoms with E-state index in [-0.39, 0.29) is 6.10 Å². The van der Waals surface area contributed by atoms with Gasteiger partial charge in [0.1, 0.15) is 0 Å². The van der Waals surface area contributed by atoms with Crippen LogP contribution in [0.1, 0.15) is 90.4 Å². The summed E-state index contributed by atoms with van der Waals surface area (Å²) in [6.07, 6.45) is 17.8. The molecule has 1 aliphatic heterocycles. The Morgan fingerprint density at radius 1 is 0.483 bits per heavy atom. The molecule has 0 aliphatic carbocycles. The maximum Gasteiger partial charge on any atom is 0.0809 e. The smallest absolute Gasteiger partial charge is 0.0809 e. The van der Waals surface area contributed by atoms with Gasteiger partial charge in [0.2, 0.25) is 0 Å². The lowest BCUT2D eigenvalue weighted by atomic mass is 10.0. The average Bonchev–Trinajstić information content (AvgIpc) is 2.74. The SMILES string of the molecule is CCCCCCCCCCCCCCC1COCCOCCOCCOCCO1. The molecule has 5 nitrogen and oxygen atoms in total. The monoisotopic (exact) mass is 416 g/mol. The van der Waals surface area contributed by atoms with Crippen molar-refractivity contribution in [2.24, 2.45) is 0 Å². The second-order valence-corrected chi connectivity index (χ2v) is 8.08. The molecule has 1 aliphatic rings. The third-order valence-electron chi connectivity index (χ3n) is 5.38. The van der Waals surface area contributed by atoms with Gasteiger partial charge < -0.3 is 23.7 Å². The summed E-state index contributed by atoms with van der Waals surface area (Å²) >= 11 is 0. The van der Waals surface area contributed by atoms with Crippen LogP contribution < -0.4 is 0 Å². The zero-order valence-corrected chi connectivity index (χ0v) is 19.2. The maximum atomic E-state index is 5.99. The minimum absolute atomic E-state index is 0.170. The zero-order valence-electron chi connectivity index (χ0n) is 19.2. The summed E-state index contributed by atoms with van der Waals surface area (Å²) in [5.74, 6) is 0. The summed E-state index contributed by atoms with van der Waals surface area (Å²) in [6, 6.07) is 0. The fraction of sp³-hybridized carbons (Fsp3) is 1.00. The van der Waals surface area contributed by atoms with Crippen molar-refractivity contribution in [3.8, 4) is 0 Å². The first-order valence-corrected chi connectivity index (χ1v) is 12.4. The van der Waals surface area contributed by atoms with E-state index in [0.29, 0.717) is 59.5 Å². The Bertz CT molecular complexity index is 298. The van der Waals surface area contributed by atoms with Gasteiger partial charge in [0.15, 0.2) is 0 Å². The fourth-order valence-corrected chi connectivity index (χ4v) is 3.58. The Kier molecular flexibility index (Phi) is 20.8. The van der Waals surface area contributed by atoms with E-state index in [0.717, 1.165) is 6.42 Å². The predicted molar refractivity (Wildman–Crippen MR) is 119 cm³/mol. The Hall–Kier alpha value is -0.200. The van der Waals surface area contributed by atoms with Gasteiger partial charge in [0.25, 0.3) is 0 Å². The van der Waals surface area contributed by atoms with Gasteiger partial charge in [-0.15, -0.1) is 0 Å².